The first kappa shape index (κ1) is 20.6. The van der Waals surface area contributed by atoms with Crippen LogP contribution in [0.3, 0.4) is 0 Å². The number of hydrogen-bond acceptors (Lipinski definition) is 5. The summed E-state index contributed by atoms with van der Waals surface area (Å²) in [5, 5.41) is 2.88. The van der Waals surface area contributed by atoms with Crippen LogP contribution in [0, 0.1) is 0 Å². The van der Waals surface area contributed by atoms with Crippen molar-refractivity contribution in [1.82, 2.24) is 14.5 Å². The summed E-state index contributed by atoms with van der Waals surface area (Å²) in [6.07, 6.45) is 4.40. The molecule has 1 fully saturated rings. The molecule has 8 heteroatoms. The van der Waals surface area contributed by atoms with Crippen molar-refractivity contribution in [2.75, 3.05) is 33.7 Å². The van der Waals surface area contributed by atoms with Gasteiger partial charge in [0.25, 0.3) is 5.91 Å². The Kier molecular flexibility index (Phi) is 6.53. The standard InChI is InChI=1S/C20H27N3O4S/c1-22(2)18(19-10-7-13-27-19)15-21-20(24)16-8-6-9-17(14-16)28(25,26)23-11-4-3-5-12-23/h6-10,13-14,18H,3-5,11-12,15H2,1-2H3,(H,21,24). The average Bonchev–Trinajstić information content (AvgIpc) is 3.23. The van der Waals surface area contributed by atoms with E-state index in [1.807, 2.05) is 31.1 Å². The van der Waals surface area contributed by atoms with E-state index in [0.29, 0.717) is 25.2 Å². The van der Waals surface area contributed by atoms with E-state index < -0.39 is 10.0 Å². The number of furan rings is 1. The molecule has 2 aromatic rings. The van der Waals surface area contributed by atoms with Crippen LogP contribution >= 0.6 is 0 Å². The van der Waals surface area contributed by atoms with Gasteiger partial charge in [-0.05, 0) is 57.3 Å². The molecule has 0 spiro atoms. The molecule has 152 valence electrons. The van der Waals surface area contributed by atoms with Crippen LogP contribution in [-0.4, -0.2) is 57.3 Å². The van der Waals surface area contributed by atoms with Crippen molar-refractivity contribution in [1.29, 1.82) is 0 Å². The van der Waals surface area contributed by atoms with Gasteiger partial charge in [-0.15, -0.1) is 0 Å². The van der Waals surface area contributed by atoms with Crippen molar-refractivity contribution in [3.05, 3.63) is 54.0 Å². The summed E-state index contributed by atoms with van der Waals surface area (Å²) < 4.78 is 32.7. The van der Waals surface area contributed by atoms with Gasteiger partial charge in [-0.3, -0.25) is 9.69 Å². The predicted octanol–water partition coefficient (Wildman–Crippen LogP) is 2.49. The number of benzene rings is 1. The van der Waals surface area contributed by atoms with E-state index in [2.05, 4.69) is 5.32 Å². The van der Waals surface area contributed by atoms with E-state index in [1.54, 1.807) is 24.5 Å². The van der Waals surface area contributed by atoms with Gasteiger partial charge in [-0.2, -0.15) is 4.31 Å². The summed E-state index contributed by atoms with van der Waals surface area (Å²) in [5.41, 5.74) is 0.329. The third-order valence-corrected chi connectivity index (χ3v) is 6.89. The number of rotatable bonds is 7. The van der Waals surface area contributed by atoms with Crippen LogP contribution in [0.25, 0.3) is 0 Å². The lowest BCUT2D eigenvalue weighted by molar-refractivity contribution is 0.0939. The number of likely N-dealkylation sites (N-methyl/N-ethyl adjacent to an activating group) is 1. The van der Waals surface area contributed by atoms with Crippen molar-refractivity contribution in [2.45, 2.75) is 30.2 Å². The summed E-state index contributed by atoms with van der Waals surface area (Å²) in [7, 11) is 0.248. The quantitative estimate of drug-likeness (QED) is 0.765. The van der Waals surface area contributed by atoms with Gasteiger partial charge in [-0.1, -0.05) is 12.5 Å². The second-order valence-corrected chi connectivity index (χ2v) is 9.14. The Morgan fingerprint density at radius 3 is 2.57 bits per heavy atom. The minimum atomic E-state index is -3.57. The second kappa shape index (κ2) is 8.89. The summed E-state index contributed by atoms with van der Waals surface area (Å²) in [6, 6.07) is 9.80. The minimum Gasteiger partial charge on any atom is -0.468 e. The highest BCUT2D eigenvalue weighted by Crippen LogP contribution is 2.22. The van der Waals surface area contributed by atoms with Crippen LogP contribution in [0.4, 0.5) is 0 Å². The highest BCUT2D eigenvalue weighted by molar-refractivity contribution is 7.89. The van der Waals surface area contributed by atoms with E-state index in [0.717, 1.165) is 25.0 Å². The maximum absolute atomic E-state index is 12.8. The number of carbonyl (C=O) groups excluding carboxylic acids is 1. The van der Waals surface area contributed by atoms with Crippen LogP contribution in [-0.2, 0) is 10.0 Å². The molecule has 0 radical (unpaired) electrons. The summed E-state index contributed by atoms with van der Waals surface area (Å²) in [4.78, 5) is 14.7. The van der Waals surface area contributed by atoms with Crippen LogP contribution in [0.1, 0.15) is 41.4 Å². The number of nitrogens with zero attached hydrogens (tertiary/aromatic N) is 2. The monoisotopic (exact) mass is 405 g/mol. The average molecular weight is 406 g/mol. The molecule has 7 nitrogen and oxygen atoms in total. The molecule has 1 saturated heterocycles. The Balaban J connectivity index is 1.71. The van der Waals surface area contributed by atoms with Crippen molar-refractivity contribution in [2.24, 2.45) is 0 Å². The third-order valence-electron chi connectivity index (χ3n) is 5.00. The van der Waals surface area contributed by atoms with Gasteiger partial charge in [0, 0.05) is 25.2 Å². The van der Waals surface area contributed by atoms with E-state index in [1.165, 1.54) is 10.4 Å². The topological polar surface area (TPSA) is 82.9 Å². The Hall–Kier alpha value is -2.16. The fraction of sp³-hybridized carbons (Fsp3) is 0.450. The predicted molar refractivity (Wildman–Crippen MR) is 107 cm³/mol. The summed E-state index contributed by atoms with van der Waals surface area (Å²) >= 11 is 0. The van der Waals surface area contributed by atoms with Crippen LogP contribution in [0.15, 0.2) is 52.0 Å². The normalized spacial score (nSPS) is 16.8. The Morgan fingerprint density at radius 1 is 1.18 bits per heavy atom. The molecule has 0 saturated carbocycles. The lowest BCUT2D eigenvalue weighted by atomic mass is 10.2. The number of sulfonamides is 1. The lowest BCUT2D eigenvalue weighted by Crippen LogP contribution is -2.36. The summed E-state index contributed by atoms with van der Waals surface area (Å²) in [6.45, 7) is 1.42. The molecule has 1 aromatic carbocycles. The van der Waals surface area contributed by atoms with Gasteiger partial charge in [0.1, 0.15) is 5.76 Å². The second-order valence-electron chi connectivity index (χ2n) is 7.20. The van der Waals surface area contributed by atoms with E-state index in [-0.39, 0.29) is 16.8 Å². The molecule has 1 N–H and O–H groups in total. The summed E-state index contributed by atoms with van der Waals surface area (Å²) in [5.74, 6) is 0.445. The fourth-order valence-corrected chi connectivity index (χ4v) is 4.93. The largest absolute Gasteiger partial charge is 0.468 e. The Bertz CT molecular complexity index is 888. The highest BCUT2D eigenvalue weighted by atomic mass is 32.2. The van der Waals surface area contributed by atoms with Gasteiger partial charge in [0.2, 0.25) is 10.0 Å². The molecule has 1 aromatic heterocycles. The lowest BCUT2D eigenvalue weighted by Gasteiger charge is -2.26. The van der Waals surface area contributed by atoms with Crippen molar-refractivity contribution in [3.63, 3.8) is 0 Å². The zero-order valence-electron chi connectivity index (χ0n) is 16.3. The first-order chi connectivity index (χ1) is 13.4. The van der Waals surface area contributed by atoms with E-state index >= 15 is 0 Å². The molecule has 2 heterocycles. The molecule has 1 atom stereocenters. The molecular weight excluding hydrogens is 378 g/mol. The number of hydrogen-bond donors (Lipinski definition) is 1. The van der Waals surface area contributed by atoms with E-state index in [9.17, 15) is 13.2 Å². The Morgan fingerprint density at radius 2 is 1.93 bits per heavy atom. The zero-order valence-corrected chi connectivity index (χ0v) is 17.1. The minimum absolute atomic E-state index is 0.112. The van der Waals surface area contributed by atoms with Gasteiger partial charge in [0.15, 0.2) is 0 Å². The van der Waals surface area contributed by atoms with Crippen molar-refractivity contribution < 1.29 is 17.6 Å². The van der Waals surface area contributed by atoms with Gasteiger partial charge in [-0.25, -0.2) is 8.42 Å². The third kappa shape index (κ3) is 4.63. The van der Waals surface area contributed by atoms with Gasteiger partial charge < -0.3 is 9.73 Å². The van der Waals surface area contributed by atoms with Crippen molar-refractivity contribution >= 4 is 15.9 Å². The molecule has 1 aliphatic rings. The molecule has 1 unspecified atom stereocenters. The molecule has 0 aliphatic carbocycles. The number of nitrogens with one attached hydrogen (secondary N) is 1. The smallest absolute Gasteiger partial charge is 0.251 e. The SMILES string of the molecule is CN(C)C(CNC(=O)c1cccc(S(=O)(=O)N2CCCCC2)c1)c1ccco1. The first-order valence-corrected chi connectivity index (χ1v) is 10.9. The molecule has 0 bridgehead atoms. The molecule has 3 rings (SSSR count). The molecular formula is C20H27N3O4S. The maximum Gasteiger partial charge on any atom is 0.251 e. The van der Waals surface area contributed by atoms with Crippen LogP contribution in [0.2, 0.25) is 0 Å². The highest BCUT2D eigenvalue weighted by Gasteiger charge is 2.26. The van der Waals surface area contributed by atoms with Crippen LogP contribution < -0.4 is 5.32 Å². The molecule has 1 amide bonds. The first-order valence-electron chi connectivity index (χ1n) is 9.48. The number of piperidine rings is 1. The van der Waals surface area contributed by atoms with Crippen molar-refractivity contribution in [3.8, 4) is 0 Å². The van der Waals surface area contributed by atoms with Crippen LogP contribution in [0.5, 0.6) is 0 Å². The fourth-order valence-electron chi connectivity index (χ4n) is 3.36. The number of amides is 1. The maximum atomic E-state index is 12.8. The zero-order chi connectivity index (χ0) is 20.1. The number of carbonyl (C=O) groups is 1. The molecule has 1 aliphatic heterocycles. The van der Waals surface area contributed by atoms with Gasteiger partial charge in [0.05, 0.1) is 17.2 Å². The Labute approximate surface area is 166 Å². The van der Waals surface area contributed by atoms with E-state index in [4.69, 9.17) is 4.42 Å². The molecule has 28 heavy (non-hydrogen) atoms. The van der Waals surface area contributed by atoms with Gasteiger partial charge >= 0.3 is 0 Å².